The van der Waals surface area contributed by atoms with Gasteiger partial charge < -0.3 is 4.74 Å². The zero-order valence-electron chi connectivity index (χ0n) is 12.0. The summed E-state index contributed by atoms with van der Waals surface area (Å²) in [5.74, 6) is 4.91. The Kier molecular flexibility index (Phi) is 12.4. The molecular weight excluding hydrogens is 228 g/mol. The number of carbonyl (C=O) groups is 1. The molecule has 0 aliphatic heterocycles. The monoisotopic (exact) mass is 258 g/mol. The number of ether oxygens (including phenoxy) is 1. The van der Waals surface area contributed by atoms with Crippen LogP contribution in [0.2, 0.25) is 0 Å². The van der Waals surface area contributed by atoms with Crippen LogP contribution < -0.4 is 11.3 Å². The van der Waals surface area contributed by atoms with Crippen molar-refractivity contribution in [3.63, 3.8) is 0 Å². The second-order valence-corrected chi connectivity index (χ2v) is 4.91. The summed E-state index contributed by atoms with van der Waals surface area (Å²) in [5.41, 5.74) is 2.14. The smallest absolute Gasteiger partial charge is 0.233 e. The van der Waals surface area contributed by atoms with E-state index in [0.717, 1.165) is 32.3 Å². The first-order valence-corrected chi connectivity index (χ1v) is 7.31. The molecule has 4 heteroatoms. The summed E-state index contributed by atoms with van der Waals surface area (Å²) < 4.78 is 5.73. The van der Waals surface area contributed by atoms with Crippen LogP contribution >= 0.6 is 0 Å². The SMILES string of the molecule is CCCCCCC(C)OCCCCCC(=O)NN. The second kappa shape index (κ2) is 12.8. The Morgan fingerprint density at radius 3 is 2.56 bits per heavy atom. The molecule has 108 valence electrons. The molecule has 0 aliphatic rings. The fourth-order valence-corrected chi connectivity index (χ4v) is 1.86. The van der Waals surface area contributed by atoms with Crippen LogP contribution in [-0.2, 0) is 9.53 Å². The number of unbranched alkanes of at least 4 members (excludes halogenated alkanes) is 5. The van der Waals surface area contributed by atoms with Gasteiger partial charge in [-0.3, -0.25) is 10.2 Å². The van der Waals surface area contributed by atoms with Crippen molar-refractivity contribution >= 4 is 5.91 Å². The Hall–Kier alpha value is -0.610. The van der Waals surface area contributed by atoms with Crippen LogP contribution in [0.1, 0.15) is 71.6 Å². The predicted molar refractivity (Wildman–Crippen MR) is 75.0 cm³/mol. The maximum absolute atomic E-state index is 10.9. The average Bonchev–Trinajstić information content (AvgIpc) is 2.38. The van der Waals surface area contributed by atoms with E-state index in [1.165, 1.54) is 25.7 Å². The number of hydrazine groups is 1. The van der Waals surface area contributed by atoms with Crippen molar-refractivity contribution in [2.24, 2.45) is 5.84 Å². The molecule has 4 nitrogen and oxygen atoms in total. The third-order valence-corrected chi connectivity index (χ3v) is 3.08. The van der Waals surface area contributed by atoms with Crippen LogP contribution in [0.5, 0.6) is 0 Å². The molecule has 0 aromatic carbocycles. The van der Waals surface area contributed by atoms with Crippen LogP contribution in [0.15, 0.2) is 0 Å². The number of nitrogens with two attached hydrogens (primary N) is 1. The molecule has 1 unspecified atom stereocenters. The van der Waals surface area contributed by atoms with Gasteiger partial charge in [-0.2, -0.15) is 0 Å². The maximum atomic E-state index is 10.9. The van der Waals surface area contributed by atoms with Gasteiger partial charge in [0.25, 0.3) is 0 Å². The van der Waals surface area contributed by atoms with E-state index in [2.05, 4.69) is 19.3 Å². The number of amides is 1. The molecule has 18 heavy (non-hydrogen) atoms. The van der Waals surface area contributed by atoms with Gasteiger partial charge in [0.1, 0.15) is 0 Å². The van der Waals surface area contributed by atoms with E-state index >= 15 is 0 Å². The van der Waals surface area contributed by atoms with Crippen molar-refractivity contribution in [2.45, 2.75) is 77.7 Å². The van der Waals surface area contributed by atoms with Gasteiger partial charge in [0.05, 0.1) is 6.10 Å². The molecule has 0 rings (SSSR count). The molecule has 0 radical (unpaired) electrons. The summed E-state index contributed by atoms with van der Waals surface area (Å²) in [6, 6.07) is 0. The third kappa shape index (κ3) is 11.9. The van der Waals surface area contributed by atoms with Crippen molar-refractivity contribution in [3.8, 4) is 0 Å². The fraction of sp³-hybridized carbons (Fsp3) is 0.929. The molecule has 0 heterocycles. The highest BCUT2D eigenvalue weighted by Crippen LogP contribution is 2.09. The first-order chi connectivity index (χ1) is 8.70. The summed E-state index contributed by atoms with van der Waals surface area (Å²) in [5, 5.41) is 0. The molecule has 0 aliphatic carbocycles. The normalized spacial score (nSPS) is 12.4. The van der Waals surface area contributed by atoms with Gasteiger partial charge in [0, 0.05) is 13.0 Å². The molecule has 3 N–H and O–H groups in total. The fourth-order valence-electron chi connectivity index (χ4n) is 1.86. The van der Waals surface area contributed by atoms with Gasteiger partial charge in [-0.1, -0.05) is 39.0 Å². The highest BCUT2D eigenvalue weighted by molar-refractivity contribution is 5.74. The first-order valence-electron chi connectivity index (χ1n) is 7.31. The summed E-state index contributed by atoms with van der Waals surface area (Å²) in [6.07, 6.45) is 10.2. The van der Waals surface area contributed by atoms with Crippen molar-refractivity contribution < 1.29 is 9.53 Å². The average molecular weight is 258 g/mol. The second-order valence-electron chi connectivity index (χ2n) is 4.91. The van der Waals surface area contributed by atoms with E-state index in [-0.39, 0.29) is 5.91 Å². The van der Waals surface area contributed by atoms with E-state index in [9.17, 15) is 4.79 Å². The summed E-state index contributed by atoms with van der Waals surface area (Å²) >= 11 is 0. The van der Waals surface area contributed by atoms with Gasteiger partial charge in [-0.15, -0.1) is 0 Å². The lowest BCUT2D eigenvalue weighted by Gasteiger charge is -2.12. The van der Waals surface area contributed by atoms with E-state index in [1.807, 2.05) is 0 Å². The largest absolute Gasteiger partial charge is 0.379 e. The number of nitrogens with one attached hydrogen (secondary N) is 1. The van der Waals surface area contributed by atoms with Crippen LogP contribution in [0.25, 0.3) is 0 Å². The molecule has 0 saturated carbocycles. The Bertz CT molecular complexity index is 198. The standard InChI is InChI=1S/C14H30N2O2/c1-3-4-5-7-10-13(2)18-12-9-6-8-11-14(17)16-15/h13H,3-12,15H2,1-2H3,(H,16,17). The minimum atomic E-state index is -0.0831. The van der Waals surface area contributed by atoms with Crippen LogP contribution in [-0.4, -0.2) is 18.6 Å². The van der Waals surface area contributed by atoms with Crippen molar-refractivity contribution in [3.05, 3.63) is 0 Å². The van der Waals surface area contributed by atoms with Crippen LogP contribution in [0, 0.1) is 0 Å². The van der Waals surface area contributed by atoms with Gasteiger partial charge in [0.15, 0.2) is 0 Å². The van der Waals surface area contributed by atoms with Crippen LogP contribution in [0.4, 0.5) is 0 Å². The lowest BCUT2D eigenvalue weighted by atomic mass is 10.1. The topological polar surface area (TPSA) is 64.3 Å². The number of hydrogen-bond acceptors (Lipinski definition) is 3. The Labute approximate surface area is 112 Å². The maximum Gasteiger partial charge on any atom is 0.233 e. The highest BCUT2D eigenvalue weighted by Gasteiger charge is 2.02. The minimum Gasteiger partial charge on any atom is -0.379 e. The zero-order chi connectivity index (χ0) is 13.6. The van der Waals surface area contributed by atoms with Crippen molar-refractivity contribution in [2.75, 3.05) is 6.61 Å². The zero-order valence-corrected chi connectivity index (χ0v) is 12.0. The Morgan fingerprint density at radius 1 is 1.17 bits per heavy atom. The quantitative estimate of drug-likeness (QED) is 0.245. The lowest BCUT2D eigenvalue weighted by Crippen LogP contribution is -2.29. The van der Waals surface area contributed by atoms with E-state index in [0.29, 0.717) is 12.5 Å². The summed E-state index contributed by atoms with van der Waals surface area (Å²) in [4.78, 5) is 10.9. The lowest BCUT2D eigenvalue weighted by molar-refractivity contribution is -0.121. The number of rotatable bonds is 12. The van der Waals surface area contributed by atoms with Gasteiger partial charge in [-0.05, 0) is 26.2 Å². The summed E-state index contributed by atoms with van der Waals surface area (Å²) in [6.45, 7) is 5.18. The van der Waals surface area contributed by atoms with Gasteiger partial charge in [0.2, 0.25) is 5.91 Å². The molecular formula is C14H30N2O2. The molecule has 0 bridgehead atoms. The van der Waals surface area contributed by atoms with Gasteiger partial charge >= 0.3 is 0 Å². The van der Waals surface area contributed by atoms with Gasteiger partial charge in [-0.25, -0.2) is 5.84 Å². The van der Waals surface area contributed by atoms with E-state index in [1.54, 1.807) is 0 Å². The van der Waals surface area contributed by atoms with Crippen LogP contribution in [0.3, 0.4) is 0 Å². The molecule has 1 atom stereocenters. The molecule has 0 spiro atoms. The Morgan fingerprint density at radius 2 is 1.89 bits per heavy atom. The number of hydrogen-bond donors (Lipinski definition) is 2. The molecule has 1 amide bonds. The number of carbonyl (C=O) groups excluding carboxylic acids is 1. The van der Waals surface area contributed by atoms with E-state index in [4.69, 9.17) is 10.6 Å². The Balaban J connectivity index is 3.19. The first kappa shape index (κ1) is 17.4. The third-order valence-electron chi connectivity index (χ3n) is 3.08. The highest BCUT2D eigenvalue weighted by atomic mass is 16.5. The van der Waals surface area contributed by atoms with E-state index < -0.39 is 0 Å². The molecule has 0 saturated heterocycles. The van der Waals surface area contributed by atoms with Crippen molar-refractivity contribution in [1.82, 2.24) is 5.43 Å². The summed E-state index contributed by atoms with van der Waals surface area (Å²) in [7, 11) is 0. The molecule has 0 aromatic rings. The minimum absolute atomic E-state index is 0.0831. The van der Waals surface area contributed by atoms with Crippen molar-refractivity contribution in [1.29, 1.82) is 0 Å². The predicted octanol–water partition coefficient (Wildman–Crippen LogP) is 2.91. The molecule has 0 fully saturated rings. The molecule has 0 aromatic heterocycles.